The molecule has 6 heteroatoms. The molecule has 4 N–H and O–H groups in total. The molecular weight excluding hydrogens is 382 g/mol. The Hall–Kier alpha value is -2.70. The number of amides is 1. The van der Waals surface area contributed by atoms with Crippen molar-refractivity contribution in [2.45, 2.75) is 45.1 Å². The number of nitrogens with zero attached hydrogens (tertiary/aromatic N) is 1. The van der Waals surface area contributed by atoms with Gasteiger partial charge in [0.05, 0.1) is 30.5 Å². The summed E-state index contributed by atoms with van der Waals surface area (Å²) < 4.78 is 89.5. The molecule has 1 aromatic heterocycles. The van der Waals surface area contributed by atoms with Crippen LogP contribution in [0.5, 0.6) is 0 Å². The van der Waals surface area contributed by atoms with Crippen LogP contribution in [0.4, 0.5) is 10.8 Å². The van der Waals surface area contributed by atoms with Crippen LogP contribution in [0.3, 0.4) is 0 Å². The van der Waals surface area contributed by atoms with Crippen LogP contribution in [0, 0.1) is 6.92 Å². The molecule has 0 fully saturated rings. The van der Waals surface area contributed by atoms with Gasteiger partial charge in [-0.05, 0) is 49.4 Å². The molecule has 29 heavy (non-hydrogen) atoms. The van der Waals surface area contributed by atoms with Crippen molar-refractivity contribution >= 4 is 28.1 Å². The summed E-state index contributed by atoms with van der Waals surface area (Å²) >= 11 is 0.931. The zero-order valence-electron chi connectivity index (χ0n) is 26.7. The Bertz CT molecular complexity index is 1420. The molecule has 0 bridgehead atoms. The molecule has 3 rings (SSSR count). The van der Waals surface area contributed by atoms with Gasteiger partial charge in [-0.2, -0.15) is 0 Å². The number of anilines is 2. The lowest BCUT2D eigenvalue weighted by atomic mass is 10.00. The summed E-state index contributed by atoms with van der Waals surface area (Å²) in [7, 11) is 0. The molecule has 1 heterocycles. The number of carbonyl (C=O) groups excluding carboxylic acids is 1. The third-order valence-electron chi connectivity index (χ3n) is 3.81. The van der Waals surface area contributed by atoms with E-state index >= 15 is 0 Å². The standard InChI is InChI=1S/C23H27N3O2S/c1-16-5-4-7-18(13-16)21(27)8-3-2-6-17-9-11-19(12-10-17)25-22(28)14-20-15-29-23(24)26-20/h4-5,7,9-13,15,21,27H,2-3,6,8,14H2,1H3,(H2,24,26)(H,25,28)/t21-/m0/s1/i4D,5D,7D,9D,10D,11D,12D,13D,14D2,21D. The van der Waals surface area contributed by atoms with Crippen molar-refractivity contribution in [2.75, 3.05) is 11.1 Å². The summed E-state index contributed by atoms with van der Waals surface area (Å²) in [4.78, 5) is 16.4. The Morgan fingerprint density at radius 2 is 2.14 bits per heavy atom. The van der Waals surface area contributed by atoms with Crippen LogP contribution in [0.15, 0.2) is 53.7 Å². The average Bonchev–Trinajstić information content (AvgIpc) is 3.34. The molecule has 1 amide bonds. The second-order valence-corrected chi connectivity index (χ2v) is 7.05. The maximum atomic E-state index is 12.6. The molecule has 0 spiro atoms. The molecule has 1 atom stereocenters. The monoisotopic (exact) mass is 420 g/mol. The Morgan fingerprint density at radius 1 is 1.34 bits per heavy atom. The van der Waals surface area contributed by atoms with Crippen LogP contribution in [-0.2, 0) is 17.6 Å². The Kier molecular flexibility index (Phi) is 3.83. The highest BCUT2D eigenvalue weighted by atomic mass is 32.1. The first-order valence-corrected chi connectivity index (χ1v) is 9.73. The van der Waals surface area contributed by atoms with E-state index in [0.29, 0.717) is 0 Å². The Labute approximate surface area is 191 Å². The number of nitrogens with one attached hydrogen (secondary N) is 1. The van der Waals surface area contributed by atoms with Gasteiger partial charge in [0.1, 0.15) is 0 Å². The molecule has 0 aliphatic carbocycles. The zero-order valence-corrected chi connectivity index (χ0v) is 16.5. The zero-order chi connectivity index (χ0) is 30.3. The number of aliphatic hydroxyl groups is 1. The SMILES string of the molecule is [2H]c1c([2H])c(C)c([2H])c([C@@]([2H])(O)CCCCc2c([2H])c([2H])c(NC(=O)C([2H])([2H])c3csc(N)n3)c([2H])c2[2H])c1[2H]. The summed E-state index contributed by atoms with van der Waals surface area (Å²) in [5.41, 5.74) is 4.46. The van der Waals surface area contributed by atoms with Gasteiger partial charge in [-0.1, -0.05) is 48.2 Å². The minimum atomic E-state index is -2.65. The number of nitrogens with two attached hydrogens (primary N) is 1. The van der Waals surface area contributed by atoms with Gasteiger partial charge in [0.25, 0.3) is 0 Å². The third kappa shape index (κ3) is 6.69. The summed E-state index contributed by atoms with van der Waals surface area (Å²) in [6.45, 7) is 1.40. The summed E-state index contributed by atoms with van der Waals surface area (Å²) in [5.74, 6) is -1.24. The number of rotatable bonds is 9. The average molecular weight is 421 g/mol. The summed E-state index contributed by atoms with van der Waals surface area (Å²) in [6, 6.07) is -3.80. The van der Waals surface area contributed by atoms with E-state index in [1.54, 1.807) is 0 Å². The van der Waals surface area contributed by atoms with E-state index in [-0.39, 0.29) is 65.3 Å². The van der Waals surface area contributed by atoms with Crippen molar-refractivity contribution < 1.29 is 25.0 Å². The lowest BCUT2D eigenvalue weighted by molar-refractivity contribution is -0.115. The Balaban J connectivity index is 1.77. The van der Waals surface area contributed by atoms with Crippen molar-refractivity contribution in [3.05, 3.63) is 76.1 Å². The highest BCUT2D eigenvalue weighted by molar-refractivity contribution is 7.13. The van der Waals surface area contributed by atoms with Gasteiger partial charge in [0.15, 0.2) is 5.13 Å². The maximum absolute atomic E-state index is 12.6. The molecule has 0 aliphatic heterocycles. The molecule has 2 aromatic carbocycles. The van der Waals surface area contributed by atoms with E-state index in [1.165, 1.54) is 12.3 Å². The van der Waals surface area contributed by atoms with Crippen LogP contribution in [0.2, 0.25) is 0 Å². The van der Waals surface area contributed by atoms with E-state index in [2.05, 4.69) is 10.3 Å². The van der Waals surface area contributed by atoms with E-state index < -0.39 is 60.3 Å². The number of hydrogen-bond donors (Lipinski definition) is 3. The number of unbranched alkanes of at least 4 members (excludes halogenated alkanes) is 1. The van der Waals surface area contributed by atoms with E-state index in [4.69, 9.17) is 20.8 Å². The van der Waals surface area contributed by atoms with Crippen molar-refractivity contribution in [1.29, 1.82) is 0 Å². The third-order valence-corrected chi connectivity index (χ3v) is 4.48. The fraction of sp³-hybridized carbons (Fsp3) is 0.304. The molecular formula is C23H27N3O2S. The van der Waals surface area contributed by atoms with E-state index in [1.807, 2.05) is 0 Å². The second kappa shape index (κ2) is 10.2. The van der Waals surface area contributed by atoms with Gasteiger partial charge in [0.2, 0.25) is 5.91 Å². The van der Waals surface area contributed by atoms with Crippen LogP contribution in [-0.4, -0.2) is 16.0 Å². The predicted octanol–water partition coefficient (Wildman–Crippen LogP) is 4.66. The number of hydrogen-bond acceptors (Lipinski definition) is 5. The van der Waals surface area contributed by atoms with E-state index in [0.717, 1.165) is 11.3 Å². The fourth-order valence-electron chi connectivity index (χ4n) is 2.43. The van der Waals surface area contributed by atoms with Crippen molar-refractivity contribution in [2.24, 2.45) is 0 Å². The number of benzene rings is 2. The van der Waals surface area contributed by atoms with Gasteiger partial charge in [0, 0.05) is 13.8 Å². The Morgan fingerprint density at radius 3 is 2.86 bits per heavy atom. The molecule has 152 valence electrons. The van der Waals surface area contributed by atoms with Crippen LogP contribution >= 0.6 is 11.3 Å². The first kappa shape index (κ1) is 10.9. The number of nitrogen functional groups attached to an aromatic ring is 1. The fourth-order valence-corrected chi connectivity index (χ4v) is 2.93. The van der Waals surface area contributed by atoms with E-state index in [9.17, 15) is 9.90 Å². The van der Waals surface area contributed by atoms with Crippen LogP contribution < -0.4 is 11.1 Å². The van der Waals surface area contributed by atoms with Crippen LogP contribution in [0.1, 0.15) is 62.8 Å². The number of thiazole rings is 1. The maximum Gasteiger partial charge on any atom is 0.230 e. The van der Waals surface area contributed by atoms with Gasteiger partial charge in [-0.15, -0.1) is 11.3 Å². The van der Waals surface area contributed by atoms with Gasteiger partial charge >= 0.3 is 0 Å². The molecule has 0 aliphatic rings. The normalized spacial score (nSPS) is 18.9. The molecule has 0 radical (unpaired) electrons. The first-order chi connectivity index (χ1) is 18.4. The summed E-state index contributed by atoms with van der Waals surface area (Å²) in [5, 5.41) is 14.2. The first-order valence-electron chi connectivity index (χ1n) is 14.3. The summed E-state index contributed by atoms with van der Waals surface area (Å²) in [6.07, 6.45) is -4.97. The predicted molar refractivity (Wildman–Crippen MR) is 119 cm³/mol. The number of aromatic nitrogens is 1. The number of carbonyl (C=O) groups is 1. The molecule has 0 saturated carbocycles. The van der Waals surface area contributed by atoms with Crippen LogP contribution in [0.25, 0.3) is 0 Å². The minimum absolute atomic E-state index is 0.00844. The highest BCUT2D eigenvalue weighted by Crippen LogP contribution is 2.21. The van der Waals surface area contributed by atoms with Gasteiger partial charge < -0.3 is 16.2 Å². The topological polar surface area (TPSA) is 88.2 Å². The lowest BCUT2D eigenvalue weighted by Crippen LogP contribution is -2.14. The largest absolute Gasteiger partial charge is 0.388 e. The molecule has 0 unspecified atom stereocenters. The molecule has 5 nitrogen and oxygen atoms in total. The molecule has 0 saturated heterocycles. The smallest absolute Gasteiger partial charge is 0.230 e. The van der Waals surface area contributed by atoms with Crippen molar-refractivity contribution in [1.82, 2.24) is 4.98 Å². The lowest BCUT2D eigenvalue weighted by Gasteiger charge is -2.11. The second-order valence-electron chi connectivity index (χ2n) is 6.16. The molecule has 3 aromatic rings. The van der Waals surface area contributed by atoms with Crippen molar-refractivity contribution in [3.8, 4) is 0 Å². The quantitative estimate of drug-likeness (QED) is 0.439. The highest BCUT2D eigenvalue weighted by Gasteiger charge is 2.08. The van der Waals surface area contributed by atoms with Gasteiger partial charge in [-0.25, -0.2) is 4.98 Å². The van der Waals surface area contributed by atoms with Gasteiger partial charge in [-0.3, -0.25) is 4.79 Å². The minimum Gasteiger partial charge on any atom is -0.388 e. The van der Waals surface area contributed by atoms with Crippen molar-refractivity contribution in [3.63, 3.8) is 0 Å².